The number of carbonyl (C=O) groups is 1. The number of nitrogens with one attached hydrogen (secondary N) is 1. The molecule has 0 aromatic carbocycles. The number of nitrogens with zero attached hydrogens (tertiary/aromatic N) is 5. The first-order valence-electron chi connectivity index (χ1n) is 9.87. The van der Waals surface area contributed by atoms with Crippen molar-refractivity contribution in [2.75, 3.05) is 25.0 Å². The van der Waals surface area contributed by atoms with Crippen molar-refractivity contribution in [3.05, 3.63) is 36.8 Å². The van der Waals surface area contributed by atoms with Gasteiger partial charge in [-0.15, -0.1) is 0 Å². The zero-order valence-corrected chi connectivity index (χ0v) is 16.1. The first-order chi connectivity index (χ1) is 13.6. The molecule has 2 fully saturated rings. The highest BCUT2D eigenvalue weighted by molar-refractivity contribution is 5.93. The maximum absolute atomic E-state index is 12.5. The maximum Gasteiger partial charge on any atom is 0.239 e. The molecule has 28 heavy (non-hydrogen) atoms. The number of piperidine rings is 1. The molecule has 5 rings (SSSR count). The topological polar surface area (TPSA) is 75.9 Å². The van der Waals surface area contributed by atoms with Crippen LogP contribution in [0.1, 0.15) is 25.7 Å². The highest BCUT2D eigenvalue weighted by Crippen LogP contribution is 2.53. The monoisotopic (exact) mass is 376 g/mol. The van der Waals surface area contributed by atoms with Gasteiger partial charge >= 0.3 is 0 Å². The number of fused-ring (bicyclic) bond motifs is 1. The summed E-state index contributed by atoms with van der Waals surface area (Å²) in [6.07, 6.45) is 10.7. The van der Waals surface area contributed by atoms with Gasteiger partial charge in [0.1, 0.15) is 5.82 Å². The molecule has 3 aromatic rings. The third-order valence-corrected chi connectivity index (χ3v) is 6.08. The Labute approximate surface area is 163 Å². The quantitative estimate of drug-likeness (QED) is 0.758. The fraction of sp³-hybridized carbons (Fsp3) is 0.429. The first kappa shape index (κ1) is 17.3. The number of hydrogen-bond acceptors (Lipinski definition) is 5. The summed E-state index contributed by atoms with van der Waals surface area (Å²) in [6, 6.07) is 5.79. The number of aryl methyl sites for hydroxylation is 1. The summed E-state index contributed by atoms with van der Waals surface area (Å²) in [6.45, 7) is 2.47. The van der Waals surface area contributed by atoms with Gasteiger partial charge in [-0.2, -0.15) is 5.10 Å². The fourth-order valence-electron chi connectivity index (χ4n) is 4.05. The van der Waals surface area contributed by atoms with Gasteiger partial charge < -0.3 is 5.32 Å². The van der Waals surface area contributed by atoms with E-state index >= 15 is 0 Å². The van der Waals surface area contributed by atoms with Gasteiger partial charge in [0.15, 0.2) is 0 Å². The Kier molecular flexibility index (Phi) is 4.12. The first-order valence-corrected chi connectivity index (χ1v) is 9.87. The molecule has 1 saturated carbocycles. The van der Waals surface area contributed by atoms with Crippen LogP contribution in [0.15, 0.2) is 36.8 Å². The highest BCUT2D eigenvalue weighted by Gasteiger charge is 2.44. The molecular weight excluding hydrogens is 352 g/mol. The lowest BCUT2D eigenvalue weighted by molar-refractivity contribution is -0.117. The van der Waals surface area contributed by atoms with E-state index in [4.69, 9.17) is 4.98 Å². The number of pyridine rings is 2. The standard InChI is InChI=1S/C21H24N6O/c1-26-13-16(12-23-26)17-3-2-15-11-22-19(10-18(15)24-17)25-20(28)14-27-8-6-21(4-5-21)7-9-27/h2-3,10-13H,4-9,14H2,1H3,(H,22,25,28). The molecule has 1 amide bonds. The normalized spacial score (nSPS) is 18.5. The molecule has 7 nitrogen and oxygen atoms in total. The van der Waals surface area contributed by atoms with Gasteiger partial charge in [-0.1, -0.05) is 0 Å². The maximum atomic E-state index is 12.5. The molecule has 144 valence electrons. The summed E-state index contributed by atoms with van der Waals surface area (Å²) < 4.78 is 1.76. The van der Waals surface area contributed by atoms with E-state index < -0.39 is 0 Å². The third kappa shape index (κ3) is 3.49. The van der Waals surface area contributed by atoms with Crippen molar-refractivity contribution in [1.82, 2.24) is 24.6 Å². The lowest BCUT2D eigenvalue weighted by Gasteiger charge is -2.31. The number of aromatic nitrogens is 4. The van der Waals surface area contributed by atoms with Crippen LogP contribution < -0.4 is 5.32 Å². The fourth-order valence-corrected chi connectivity index (χ4v) is 4.05. The van der Waals surface area contributed by atoms with E-state index in [-0.39, 0.29) is 5.91 Å². The number of rotatable bonds is 4. The summed E-state index contributed by atoms with van der Waals surface area (Å²) >= 11 is 0. The molecule has 0 radical (unpaired) electrons. The van der Waals surface area contributed by atoms with Crippen LogP contribution in [-0.2, 0) is 11.8 Å². The van der Waals surface area contributed by atoms with Crippen LogP contribution >= 0.6 is 0 Å². The Balaban J connectivity index is 1.28. The van der Waals surface area contributed by atoms with E-state index in [1.807, 2.05) is 31.4 Å². The molecule has 0 atom stereocenters. The summed E-state index contributed by atoms with van der Waals surface area (Å²) in [5, 5.41) is 8.07. The van der Waals surface area contributed by atoms with Gasteiger partial charge in [0.2, 0.25) is 5.91 Å². The minimum atomic E-state index is -0.0120. The molecule has 1 saturated heterocycles. The lowest BCUT2D eigenvalue weighted by atomic mass is 9.94. The van der Waals surface area contributed by atoms with Crippen molar-refractivity contribution in [2.24, 2.45) is 12.5 Å². The molecule has 1 N–H and O–H groups in total. The zero-order chi connectivity index (χ0) is 19.1. The average molecular weight is 376 g/mol. The van der Waals surface area contributed by atoms with Gasteiger partial charge in [0.25, 0.3) is 0 Å². The predicted octanol–water partition coefficient (Wildman–Crippen LogP) is 2.84. The van der Waals surface area contributed by atoms with Gasteiger partial charge in [0, 0.05) is 36.5 Å². The van der Waals surface area contributed by atoms with Gasteiger partial charge in [0.05, 0.1) is 24.0 Å². The number of likely N-dealkylation sites (tertiary alicyclic amines) is 1. The second-order valence-electron chi connectivity index (χ2n) is 8.19. The highest BCUT2D eigenvalue weighted by atomic mass is 16.2. The van der Waals surface area contributed by atoms with Gasteiger partial charge in [-0.3, -0.25) is 14.4 Å². The number of hydrogen-bond donors (Lipinski definition) is 1. The smallest absolute Gasteiger partial charge is 0.239 e. The SMILES string of the molecule is Cn1cc(-c2ccc3cnc(NC(=O)CN4CCC5(CC4)CC5)cc3n2)cn1. The minimum Gasteiger partial charge on any atom is -0.310 e. The van der Waals surface area contributed by atoms with E-state index in [9.17, 15) is 4.79 Å². The van der Waals surface area contributed by atoms with E-state index in [1.165, 1.54) is 25.7 Å². The Morgan fingerprint density at radius 3 is 2.71 bits per heavy atom. The van der Waals surface area contributed by atoms with Crippen molar-refractivity contribution in [2.45, 2.75) is 25.7 Å². The van der Waals surface area contributed by atoms with Crippen LogP contribution in [0.3, 0.4) is 0 Å². The number of amides is 1. The average Bonchev–Trinajstić information content (AvgIpc) is 3.31. The minimum absolute atomic E-state index is 0.0120. The summed E-state index contributed by atoms with van der Waals surface area (Å²) in [4.78, 5) is 23.8. The van der Waals surface area contributed by atoms with Crippen LogP contribution in [0.25, 0.3) is 22.2 Å². The molecule has 3 aromatic heterocycles. The van der Waals surface area contributed by atoms with Crippen molar-refractivity contribution >= 4 is 22.6 Å². The summed E-state index contributed by atoms with van der Waals surface area (Å²) in [5.41, 5.74) is 3.25. The molecule has 0 bridgehead atoms. The van der Waals surface area contributed by atoms with E-state index in [0.717, 1.165) is 35.2 Å². The van der Waals surface area contributed by atoms with Crippen LogP contribution in [0.5, 0.6) is 0 Å². The second kappa shape index (κ2) is 6.67. The van der Waals surface area contributed by atoms with E-state index in [0.29, 0.717) is 17.8 Å². The molecule has 0 unspecified atom stereocenters. The Hall–Kier alpha value is -2.80. The molecule has 1 spiro atoms. The van der Waals surface area contributed by atoms with E-state index in [1.54, 1.807) is 17.1 Å². The summed E-state index contributed by atoms with van der Waals surface area (Å²) in [5.74, 6) is 0.533. The van der Waals surface area contributed by atoms with Crippen molar-refractivity contribution in [1.29, 1.82) is 0 Å². The van der Waals surface area contributed by atoms with E-state index in [2.05, 4.69) is 20.3 Å². The lowest BCUT2D eigenvalue weighted by Crippen LogP contribution is -2.39. The van der Waals surface area contributed by atoms with Crippen molar-refractivity contribution in [3.63, 3.8) is 0 Å². The number of anilines is 1. The molecular formula is C21H24N6O. The van der Waals surface area contributed by atoms with Crippen LogP contribution in [0.4, 0.5) is 5.82 Å². The summed E-state index contributed by atoms with van der Waals surface area (Å²) in [7, 11) is 1.88. The predicted molar refractivity (Wildman–Crippen MR) is 108 cm³/mol. The molecule has 1 aliphatic carbocycles. The van der Waals surface area contributed by atoms with Gasteiger partial charge in [-0.25, -0.2) is 9.97 Å². The Bertz CT molecular complexity index is 1030. The third-order valence-electron chi connectivity index (χ3n) is 6.08. The largest absolute Gasteiger partial charge is 0.310 e. The van der Waals surface area contributed by atoms with Crippen molar-refractivity contribution < 1.29 is 4.79 Å². The molecule has 2 aliphatic rings. The zero-order valence-electron chi connectivity index (χ0n) is 16.1. The molecule has 1 aliphatic heterocycles. The number of carbonyl (C=O) groups excluding carboxylic acids is 1. The van der Waals surface area contributed by atoms with Gasteiger partial charge in [-0.05, 0) is 56.3 Å². The van der Waals surface area contributed by atoms with Crippen LogP contribution in [-0.4, -0.2) is 50.2 Å². The molecule has 4 heterocycles. The second-order valence-corrected chi connectivity index (χ2v) is 8.19. The molecule has 7 heteroatoms. The Morgan fingerprint density at radius 2 is 2.00 bits per heavy atom. The van der Waals surface area contributed by atoms with Crippen LogP contribution in [0, 0.1) is 5.41 Å². The Morgan fingerprint density at radius 1 is 1.18 bits per heavy atom. The van der Waals surface area contributed by atoms with Crippen molar-refractivity contribution in [3.8, 4) is 11.3 Å². The van der Waals surface area contributed by atoms with Crippen LogP contribution in [0.2, 0.25) is 0 Å².